The molecule has 1 aromatic carbocycles. The highest BCUT2D eigenvalue weighted by molar-refractivity contribution is 5.80. The molecule has 0 fully saturated rings. The van der Waals surface area contributed by atoms with Crippen molar-refractivity contribution in [1.29, 1.82) is 0 Å². The summed E-state index contributed by atoms with van der Waals surface area (Å²) in [5.41, 5.74) is 4.32. The summed E-state index contributed by atoms with van der Waals surface area (Å²) in [6, 6.07) is 4.49. The average Bonchev–Trinajstić information content (AvgIpc) is 2.65. The van der Waals surface area contributed by atoms with Crippen molar-refractivity contribution < 1.29 is 38.5 Å². The SMILES string of the molecule is CC(C)CC(=O)O[C@@H](C)CC(N)(Cc1ccc(OC(=O)CC(C)(C)C)c(OC(=O)CC(C)(C)C)c1)C(=O)O. The number of rotatable bonds is 12. The Balaban J connectivity index is 3.24. The van der Waals surface area contributed by atoms with Crippen LogP contribution in [0.3, 0.4) is 0 Å². The molecule has 1 aromatic rings. The second kappa shape index (κ2) is 13.2. The Bertz CT molecular complexity index is 1000. The second-order valence-electron chi connectivity index (χ2n) is 12.9. The maximum absolute atomic E-state index is 12.6. The van der Waals surface area contributed by atoms with Crippen LogP contribution in [0.15, 0.2) is 18.2 Å². The van der Waals surface area contributed by atoms with Gasteiger partial charge in [-0.15, -0.1) is 0 Å². The summed E-state index contributed by atoms with van der Waals surface area (Å²) >= 11 is 0. The van der Waals surface area contributed by atoms with Gasteiger partial charge in [-0.05, 0) is 41.4 Å². The molecule has 0 aliphatic carbocycles. The molecule has 3 N–H and O–H groups in total. The third-order valence-electron chi connectivity index (χ3n) is 5.31. The molecule has 1 unspecified atom stereocenters. The molecular weight excluding hydrogens is 490 g/mol. The molecule has 0 aliphatic heterocycles. The summed E-state index contributed by atoms with van der Waals surface area (Å²) in [6.45, 7) is 16.7. The van der Waals surface area contributed by atoms with Gasteiger partial charge < -0.3 is 25.1 Å². The van der Waals surface area contributed by atoms with Gasteiger partial charge in [-0.25, -0.2) is 0 Å². The number of carboxylic acids is 1. The van der Waals surface area contributed by atoms with Gasteiger partial charge in [-0.1, -0.05) is 61.5 Å². The topological polar surface area (TPSA) is 142 Å². The molecule has 0 spiro atoms. The molecule has 0 amide bonds. The highest BCUT2D eigenvalue weighted by Crippen LogP contribution is 2.33. The molecule has 0 radical (unpaired) electrons. The van der Waals surface area contributed by atoms with E-state index >= 15 is 0 Å². The Kier molecular flexibility index (Phi) is 11.5. The van der Waals surface area contributed by atoms with Crippen LogP contribution in [0.1, 0.15) is 93.6 Å². The number of hydrogen-bond acceptors (Lipinski definition) is 8. The molecule has 9 nitrogen and oxygen atoms in total. The van der Waals surface area contributed by atoms with Crippen LogP contribution in [-0.2, 0) is 30.3 Å². The lowest BCUT2D eigenvalue weighted by molar-refractivity contribution is -0.154. The number of aliphatic carboxylic acids is 1. The van der Waals surface area contributed by atoms with E-state index in [1.54, 1.807) is 13.0 Å². The molecule has 1 rings (SSSR count). The van der Waals surface area contributed by atoms with Crippen molar-refractivity contribution >= 4 is 23.9 Å². The van der Waals surface area contributed by atoms with Crippen molar-refractivity contribution in [2.75, 3.05) is 0 Å². The lowest BCUT2D eigenvalue weighted by Crippen LogP contribution is -2.52. The number of benzene rings is 1. The summed E-state index contributed by atoms with van der Waals surface area (Å²) < 4.78 is 16.4. The summed E-state index contributed by atoms with van der Waals surface area (Å²) in [5, 5.41) is 9.93. The standard InChI is InChI=1S/C29H45NO8/c1-18(2)12-23(31)36-19(3)14-29(30,26(34)35)15-20-10-11-21(37-24(32)16-27(4,5)6)22(13-20)38-25(33)17-28(7,8)9/h10-11,13,18-19H,12,14-17,30H2,1-9H3,(H,34,35)/t19-,29?/m0/s1. The molecule has 0 aromatic heterocycles. The zero-order chi connectivity index (χ0) is 29.5. The number of carboxylic acid groups (broad SMARTS) is 1. The lowest BCUT2D eigenvalue weighted by Gasteiger charge is -2.28. The van der Waals surface area contributed by atoms with E-state index in [0.29, 0.717) is 5.56 Å². The van der Waals surface area contributed by atoms with Gasteiger partial charge in [0.1, 0.15) is 11.6 Å². The van der Waals surface area contributed by atoms with E-state index in [0.717, 1.165) is 0 Å². The predicted molar refractivity (Wildman–Crippen MR) is 144 cm³/mol. The number of esters is 3. The Morgan fingerprint density at radius 2 is 1.34 bits per heavy atom. The Labute approximate surface area is 226 Å². The fraction of sp³-hybridized carbons (Fsp3) is 0.655. The van der Waals surface area contributed by atoms with Crippen molar-refractivity contribution in [2.45, 2.75) is 106 Å². The number of carbonyl (C=O) groups is 4. The molecule has 38 heavy (non-hydrogen) atoms. The summed E-state index contributed by atoms with van der Waals surface area (Å²) in [7, 11) is 0. The predicted octanol–water partition coefficient (Wildman–Crippen LogP) is 5.06. The maximum atomic E-state index is 12.6. The quantitative estimate of drug-likeness (QED) is 0.277. The van der Waals surface area contributed by atoms with E-state index < -0.39 is 35.5 Å². The summed E-state index contributed by atoms with van der Waals surface area (Å²) in [4.78, 5) is 49.3. The molecular formula is C29H45NO8. The second-order valence-corrected chi connectivity index (χ2v) is 12.9. The van der Waals surface area contributed by atoms with Gasteiger partial charge in [-0.3, -0.25) is 19.2 Å². The van der Waals surface area contributed by atoms with Crippen LogP contribution in [0.2, 0.25) is 0 Å². The van der Waals surface area contributed by atoms with Crippen molar-refractivity contribution in [2.24, 2.45) is 22.5 Å². The van der Waals surface area contributed by atoms with Crippen LogP contribution in [0.5, 0.6) is 11.5 Å². The van der Waals surface area contributed by atoms with Crippen molar-refractivity contribution in [3.8, 4) is 11.5 Å². The van der Waals surface area contributed by atoms with Crippen molar-refractivity contribution in [3.05, 3.63) is 23.8 Å². The van der Waals surface area contributed by atoms with Crippen LogP contribution in [0, 0.1) is 16.7 Å². The molecule has 214 valence electrons. The largest absolute Gasteiger partial charge is 0.480 e. The number of nitrogens with two attached hydrogens (primary N) is 1. The zero-order valence-corrected chi connectivity index (χ0v) is 24.3. The molecule has 0 bridgehead atoms. The first-order valence-electron chi connectivity index (χ1n) is 13.0. The Morgan fingerprint density at radius 3 is 1.79 bits per heavy atom. The third kappa shape index (κ3) is 12.5. The first-order chi connectivity index (χ1) is 17.2. The van der Waals surface area contributed by atoms with Crippen LogP contribution >= 0.6 is 0 Å². The first-order valence-corrected chi connectivity index (χ1v) is 13.0. The van der Waals surface area contributed by atoms with E-state index in [9.17, 15) is 24.3 Å². The fourth-order valence-electron chi connectivity index (χ4n) is 3.77. The van der Waals surface area contributed by atoms with Crippen LogP contribution in [0.25, 0.3) is 0 Å². The van der Waals surface area contributed by atoms with E-state index in [1.165, 1.54) is 12.1 Å². The van der Waals surface area contributed by atoms with E-state index in [2.05, 4.69) is 0 Å². The first kappa shape index (κ1) is 33.1. The summed E-state index contributed by atoms with van der Waals surface area (Å²) in [5.74, 6) is -2.54. The lowest BCUT2D eigenvalue weighted by atomic mass is 9.86. The average molecular weight is 536 g/mol. The van der Waals surface area contributed by atoms with Gasteiger partial charge in [0.25, 0.3) is 0 Å². The van der Waals surface area contributed by atoms with Crippen molar-refractivity contribution in [1.82, 2.24) is 0 Å². The summed E-state index contributed by atoms with van der Waals surface area (Å²) in [6.07, 6.45) is -0.538. The highest BCUT2D eigenvalue weighted by atomic mass is 16.6. The third-order valence-corrected chi connectivity index (χ3v) is 5.31. The minimum Gasteiger partial charge on any atom is -0.480 e. The molecule has 0 aliphatic rings. The normalized spacial score (nSPS) is 14.4. The molecule has 0 heterocycles. The number of ether oxygens (including phenoxy) is 3. The van der Waals surface area contributed by atoms with Crippen LogP contribution in [0.4, 0.5) is 0 Å². The van der Waals surface area contributed by atoms with Gasteiger partial charge in [0.05, 0.1) is 12.8 Å². The minimum atomic E-state index is -1.77. The maximum Gasteiger partial charge on any atom is 0.324 e. The van der Waals surface area contributed by atoms with Crippen LogP contribution < -0.4 is 15.2 Å². The Hall–Kier alpha value is -2.94. The minimum absolute atomic E-state index is 0.00292. The molecule has 9 heteroatoms. The zero-order valence-electron chi connectivity index (χ0n) is 24.3. The van der Waals surface area contributed by atoms with Gasteiger partial charge in [0, 0.05) is 19.3 Å². The van der Waals surface area contributed by atoms with E-state index in [1.807, 2.05) is 55.4 Å². The van der Waals surface area contributed by atoms with Gasteiger partial charge >= 0.3 is 23.9 Å². The van der Waals surface area contributed by atoms with Crippen molar-refractivity contribution in [3.63, 3.8) is 0 Å². The number of hydrogen-bond donors (Lipinski definition) is 2. The van der Waals surface area contributed by atoms with Gasteiger partial charge in [-0.2, -0.15) is 0 Å². The monoisotopic (exact) mass is 535 g/mol. The van der Waals surface area contributed by atoms with E-state index in [4.69, 9.17) is 19.9 Å². The van der Waals surface area contributed by atoms with E-state index in [-0.39, 0.29) is 60.4 Å². The highest BCUT2D eigenvalue weighted by Gasteiger charge is 2.37. The smallest absolute Gasteiger partial charge is 0.324 e. The number of carbonyl (C=O) groups excluding carboxylic acids is 3. The molecule has 0 saturated heterocycles. The van der Waals surface area contributed by atoms with Gasteiger partial charge in [0.15, 0.2) is 11.5 Å². The fourth-order valence-corrected chi connectivity index (χ4v) is 3.77. The molecule has 0 saturated carbocycles. The Morgan fingerprint density at radius 1 is 0.842 bits per heavy atom. The van der Waals surface area contributed by atoms with Gasteiger partial charge in [0.2, 0.25) is 0 Å². The molecule has 2 atom stereocenters. The van der Waals surface area contributed by atoms with Crippen LogP contribution in [-0.4, -0.2) is 40.6 Å².